The van der Waals surface area contributed by atoms with E-state index in [1.807, 2.05) is 13.0 Å². The standard InChI is InChI=1S/C10H10N4O2S2/c1-3-16-8(15)7-13-14-10(17-7)18-9-11-5-4-6(2)12-9/h4-5H,3H2,1-2H3. The van der Waals surface area contributed by atoms with Crippen LogP contribution in [-0.2, 0) is 4.74 Å². The number of aromatic nitrogens is 4. The highest BCUT2D eigenvalue weighted by atomic mass is 32.2. The third-order valence-electron chi connectivity index (χ3n) is 1.81. The Labute approximate surface area is 112 Å². The first kappa shape index (κ1) is 12.9. The minimum absolute atomic E-state index is 0.243. The van der Waals surface area contributed by atoms with Crippen molar-refractivity contribution in [1.82, 2.24) is 20.2 Å². The van der Waals surface area contributed by atoms with E-state index in [0.717, 1.165) is 5.69 Å². The number of rotatable bonds is 4. The molecule has 0 aromatic carbocycles. The van der Waals surface area contributed by atoms with E-state index in [4.69, 9.17) is 4.74 Å². The Balaban J connectivity index is 2.09. The molecular weight excluding hydrogens is 272 g/mol. The van der Waals surface area contributed by atoms with Crippen molar-refractivity contribution in [1.29, 1.82) is 0 Å². The van der Waals surface area contributed by atoms with Crippen LogP contribution in [-0.4, -0.2) is 32.7 Å². The maximum Gasteiger partial charge on any atom is 0.369 e. The number of aryl methyl sites for hydroxylation is 1. The molecule has 2 aromatic heterocycles. The molecule has 0 atom stereocenters. The Morgan fingerprint density at radius 3 is 3.06 bits per heavy atom. The van der Waals surface area contributed by atoms with Crippen molar-refractivity contribution in [3.05, 3.63) is 23.0 Å². The smallest absolute Gasteiger partial charge is 0.369 e. The SMILES string of the molecule is CCOC(=O)c1nnc(Sc2nccc(C)n2)s1. The topological polar surface area (TPSA) is 77.9 Å². The van der Waals surface area contributed by atoms with Crippen LogP contribution in [0.4, 0.5) is 0 Å². The fourth-order valence-corrected chi connectivity index (χ4v) is 2.72. The zero-order chi connectivity index (χ0) is 13.0. The van der Waals surface area contributed by atoms with Crippen LogP contribution in [0.2, 0.25) is 0 Å². The minimum atomic E-state index is -0.452. The molecule has 0 radical (unpaired) electrons. The molecule has 6 nitrogen and oxygen atoms in total. The molecule has 0 N–H and O–H groups in total. The second-order valence-corrected chi connectivity index (χ2v) is 5.37. The van der Waals surface area contributed by atoms with E-state index >= 15 is 0 Å². The quantitative estimate of drug-likeness (QED) is 0.626. The van der Waals surface area contributed by atoms with Crippen LogP contribution in [0.15, 0.2) is 21.8 Å². The molecule has 0 saturated carbocycles. The summed E-state index contributed by atoms with van der Waals surface area (Å²) in [5.74, 6) is -0.452. The number of carbonyl (C=O) groups is 1. The molecule has 0 aliphatic rings. The average molecular weight is 282 g/mol. The van der Waals surface area contributed by atoms with E-state index in [2.05, 4.69) is 20.2 Å². The summed E-state index contributed by atoms with van der Waals surface area (Å²) in [6.45, 7) is 3.95. The Hall–Kier alpha value is -1.54. The van der Waals surface area contributed by atoms with Gasteiger partial charge in [-0.2, -0.15) is 0 Å². The summed E-state index contributed by atoms with van der Waals surface area (Å²) in [5, 5.41) is 8.49. The van der Waals surface area contributed by atoms with Gasteiger partial charge in [0.05, 0.1) is 6.61 Å². The van der Waals surface area contributed by atoms with E-state index in [9.17, 15) is 4.79 Å². The molecule has 8 heteroatoms. The fraction of sp³-hybridized carbons (Fsp3) is 0.300. The van der Waals surface area contributed by atoms with Gasteiger partial charge in [-0.05, 0) is 31.7 Å². The van der Waals surface area contributed by atoms with Crippen LogP contribution in [0, 0.1) is 6.92 Å². The van der Waals surface area contributed by atoms with E-state index < -0.39 is 5.97 Å². The molecule has 18 heavy (non-hydrogen) atoms. The van der Waals surface area contributed by atoms with Gasteiger partial charge in [0.2, 0.25) is 5.01 Å². The number of esters is 1. The number of hydrogen-bond acceptors (Lipinski definition) is 8. The Morgan fingerprint density at radius 2 is 2.33 bits per heavy atom. The Kier molecular flexibility index (Phi) is 4.21. The number of hydrogen-bond donors (Lipinski definition) is 0. The van der Waals surface area contributed by atoms with Crippen molar-refractivity contribution in [2.45, 2.75) is 23.3 Å². The van der Waals surface area contributed by atoms with Crippen LogP contribution >= 0.6 is 23.1 Å². The molecule has 0 fully saturated rings. The lowest BCUT2D eigenvalue weighted by Crippen LogP contribution is -2.03. The van der Waals surface area contributed by atoms with Crippen molar-refractivity contribution >= 4 is 29.1 Å². The minimum Gasteiger partial charge on any atom is -0.461 e. The van der Waals surface area contributed by atoms with E-state index in [0.29, 0.717) is 16.1 Å². The first-order valence-corrected chi connectivity index (χ1v) is 6.80. The van der Waals surface area contributed by atoms with E-state index in [-0.39, 0.29) is 5.01 Å². The second kappa shape index (κ2) is 5.87. The van der Waals surface area contributed by atoms with Gasteiger partial charge in [-0.1, -0.05) is 11.3 Å². The largest absolute Gasteiger partial charge is 0.461 e. The van der Waals surface area contributed by atoms with Crippen molar-refractivity contribution < 1.29 is 9.53 Å². The molecule has 0 amide bonds. The van der Waals surface area contributed by atoms with Gasteiger partial charge >= 0.3 is 5.97 Å². The summed E-state index contributed by atoms with van der Waals surface area (Å²) in [6, 6.07) is 1.81. The summed E-state index contributed by atoms with van der Waals surface area (Å²) >= 11 is 2.44. The van der Waals surface area contributed by atoms with Gasteiger partial charge in [0.1, 0.15) is 0 Å². The zero-order valence-corrected chi connectivity index (χ0v) is 11.4. The number of carbonyl (C=O) groups excluding carboxylic acids is 1. The summed E-state index contributed by atoms with van der Waals surface area (Å²) in [6.07, 6.45) is 1.68. The van der Waals surface area contributed by atoms with Gasteiger partial charge in [-0.15, -0.1) is 10.2 Å². The van der Waals surface area contributed by atoms with Crippen LogP contribution in [0.3, 0.4) is 0 Å². The third-order valence-corrected chi connectivity index (χ3v) is 3.64. The predicted molar refractivity (Wildman–Crippen MR) is 66.8 cm³/mol. The van der Waals surface area contributed by atoms with Crippen molar-refractivity contribution in [2.75, 3.05) is 6.61 Å². The van der Waals surface area contributed by atoms with Crippen molar-refractivity contribution in [3.8, 4) is 0 Å². The highest BCUT2D eigenvalue weighted by Crippen LogP contribution is 2.27. The molecule has 2 rings (SSSR count). The van der Waals surface area contributed by atoms with E-state index in [1.54, 1.807) is 13.1 Å². The monoisotopic (exact) mass is 282 g/mol. The molecule has 0 aliphatic heterocycles. The van der Waals surface area contributed by atoms with Crippen LogP contribution < -0.4 is 0 Å². The van der Waals surface area contributed by atoms with Crippen LogP contribution in [0.25, 0.3) is 0 Å². The van der Waals surface area contributed by atoms with Gasteiger partial charge in [0.25, 0.3) is 0 Å². The molecule has 0 bridgehead atoms. The molecular formula is C10H10N4O2S2. The van der Waals surface area contributed by atoms with Crippen LogP contribution in [0.5, 0.6) is 0 Å². The van der Waals surface area contributed by atoms with Crippen molar-refractivity contribution in [2.24, 2.45) is 0 Å². The van der Waals surface area contributed by atoms with Crippen molar-refractivity contribution in [3.63, 3.8) is 0 Å². The molecule has 2 heterocycles. The van der Waals surface area contributed by atoms with Gasteiger partial charge in [-0.25, -0.2) is 14.8 Å². The number of nitrogens with zero attached hydrogens (tertiary/aromatic N) is 4. The maximum atomic E-state index is 11.4. The Morgan fingerprint density at radius 1 is 1.50 bits per heavy atom. The first-order chi connectivity index (χ1) is 8.69. The van der Waals surface area contributed by atoms with Gasteiger partial charge in [0, 0.05) is 11.9 Å². The van der Waals surface area contributed by atoms with Gasteiger partial charge in [-0.3, -0.25) is 0 Å². The molecule has 0 unspecified atom stereocenters. The lowest BCUT2D eigenvalue weighted by Gasteiger charge is -1.96. The van der Waals surface area contributed by atoms with E-state index in [1.165, 1.54) is 23.1 Å². The third kappa shape index (κ3) is 3.23. The lowest BCUT2D eigenvalue weighted by atomic mass is 10.5. The summed E-state index contributed by atoms with van der Waals surface area (Å²) in [4.78, 5) is 19.7. The van der Waals surface area contributed by atoms with Crippen LogP contribution in [0.1, 0.15) is 22.4 Å². The summed E-state index contributed by atoms with van der Waals surface area (Å²) in [7, 11) is 0. The number of ether oxygens (including phenoxy) is 1. The molecule has 0 saturated heterocycles. The molecule has 0 aliphatic carbocycles. The normalized spacial score (nSPS) is 10.3. The highest BCUT2D eigenvalue weighted by Gasteiger charge is 2.15. The second-order valence-electron chi connectivity index (χ2n) is 3.18. The Bertz CT molecular complexity index is 558. The van der Waals surface area contributed by atoms with Gasteiger partial charge in [0.15, 0.2) is 9.50 Å². The lowest BCUT2D eigenvalue weighted by molar-refractivity contribution is 0.0525. The highest BCUT2D eigenvalue weighted by molar-refractivity contribution is 8.00. The van der Waals surface area contributed by atoms with Gasteiger partial charge < -0.3 is 4.74 Å². The summed E-state index contributed by atoms with van der Waals surface area (Å²) < 4.78 is 5.45. The fourth-order valence-electron chi connectivity index (χ4n) is 1.08. The molecule has 94 valence electrons. The summed E-state index contributed by atoms with van der Waals surface area (Å²) in [5.41, 5.74) is 0.877. The maximum absolute atomic E-state index is 11.4. The zero-order valence-electron chi connectivity index (χ0n) is 9.78. The predicted octanol–water partition coefficient (Wildman–Crippen LogP) is 1.96. The average Bonchev–Trinajstić information content (AvgIpc) is 2.78. The molecule has 0 spiro atoms. The first-order valence-electron chi connectivity index (χ1n) is 5.17. The molecule has 2 aromatic rings.